The molecule has 2 heterocycles. The van der Waals surface area contributed by atoms with Crippen LogP contribution in [-0.2, 0) is 10.0 Å². The van der Waals surface area contributed by atoms with E-state index in [1.165, 1.54) is 0 Å². The van der Waals surface area contributed by atoms with Gasteiger partial charge in [-0.25, -0.2) is 8.42 Å². The van der Waals surface area contributed by atoms with Crippen molar-refractivity contribution in [2.75, 3.05) is 17.1 Å². The molecule has 7 heteroatoms. The summed E-state index contributed by atoms with van der Waals surface area (Å²) in [5.41, 5.74) is 3.61. The maximum absolute atomic E-state index is 13.0. The van der Waals surface area contributed by atoms with Crippen LogP contribution in [0.2, 0.25) is 0 Å². The fraction of sp³-hybridized carbons (Fsp3) is 0.208. The van der Waals surface area contributed by atoms with Crippen LogP contribution in [0.15, 0.2) is 84.0 Å². The van der Waals surface area contributed by atoms with Gasteiger partial charge in [0.25, 0.3) is 10.0 Å². The molecule has 3 atom stereocenters. The lowest BCUT2D eigenvalue weighted by Crippen LogP contribution is -2.29. The van der Waals surface area contributed by atoms with Crippen molar-refractivity contribution in [2.45, 2.75) is 23.3 Å². The summed E-state index contributed by atoms with van der Waals surface area (Å²) in [5.74, 6) is 1.16. The standard InChI is InChI=1S/C24H23N3O3S/c1-30-18-9-7-17(8-10-18)27-31(28,29)19-11-12-23-22(14-19)20-5-2-6-21(20)24(26-23)16-4-3-13-25-15-16/h2-5,7-15,20-21,24,26-27H,6H2,1H3. The number of fused-ring (bicyclic) bond motifs is 3. The molecule has 31 heavy (non-hydrogen) atoms. The van der Waals surface area contributed by atoms with Crippen molar-refractivity contribution >= 4 is 21.4 Å². The zero-order valence-corrected chi connectivity index (χ0v) is 17.8. The largest absolute Gasteiger partial charge is 0.497 e. The lowest BCUT2D eigenvalue weighted by molar-refractivity contribution is 0.415. The number of anilines is 2. The number of nitrogens with one attached hydrogen (secondary N) is 2. The van der Waals surface area contributed by atoms with E-state index in [0.717, 1.165) is 23.2 Å². The molecule has 2 aromatic carbocycles. The fourth-order valence-corrected chi connectivity index (χ4v) is 5.60. The molecule has 1 aliphatic carbocycles. The molecule has 0 saturated carbocycles. The van der Waals surface area contributed by atoms with Crippen molar-refractivity contribution in [2.24, 2.45) is 5.92 Å². The van der Waals surface area contributed by atoms with Crippen LogP contribution in [-0.4, -0.2) is 20.5 Å². The van der Waals surface area contributed by atoms with Gasteiger partial charge in [0.1, 0.15) is 5.75 Å². The van der Waals surface area contributed by atoms with Gasteiger partial charge < -0.3 is 10.1 Å². The van der Waals surface area contributed by atoms with Crippen molar-refractivity contribution < 1.29 is 13.2 Å². The van der Waals surface area contributed by atoms with Gasteiger partial charge in [-0.1, -0.05) is 18.2 Å². The fourth-order valence-electron chi connectivity index (χ4n) is 4.50. The third-order valence-electron chi connectivity index (χ3n) is 6.03. The number of sulfonamides is 1. The Morgan fingerprint density at radius 3 is 2.71 bits per heavy atom. The summed E-state index contributed by atoms with van der Waals surface area (Å²) in [6, 6.07) is 16.3. The van der Waals surface area contributed by atoms with Gasteiger partial charge in [-0.15, -0.1) is 0 Å². The van der Waals surface area contributed by atoms with Gasteiger partial charge in [0, 0.05) is 29.7 Å². The summed E-state index contributed by atoms with van der Waals surface area (Å²) in [6.45, 7) is 0. The second-order valence-corrected chi connectivity index (χ2v) is 9.53. The minimum atomic E-state index is -3.71. The van der Waals surface area contributed by atoms with Crippen molar-refractivity contribution in [1.82, 2.24) is 4.98 Å². The molecule has 2 aliphatic rings. The molecule has 0 bridgehead atoms. The lowest BCUT2D eigenvalue weighted by atomic mass is 9.77. The maximum Gasteiger partial charge on any atom is 0.261 e. The number of rotatable bonds is 5. The van der Waals surface area contributed by atoms with Gasteiger partial charge in [0.05, 0.1) is 18.0 Å². The van der Waals surface area contributed by atoms with Crippen molar-refractivity contribution in [3.8, 4) is 5.75 Å². The highest BCUT2D eigenvalue weighted by molar-refractivity contribution is 7.92. The Kier molecular flexibility index (Phi) is 4.90. The third-order valence-corrected chi connectivity index (χ3v) is 7.41. The number of aromatic nitrogens is 1. The molecular formula is C24H23N3O3S. The predicted molar refractivity (Wildman–Crippen MR) is 121 cm³/mol. The second-order valence-electron chi connectivity index (χ2n) is 7.84. The van der Waals surface area contributed by atoms with E-state index in [9.17, 15) is 8.42 Å². The molecule has 3 unspecified atom stereocenters. The third kappa shape index (κ3) is 3.65. The predicted octanol–water partition coefficient (Wildman–Crippen LogP) is 4.72. The molecule has 0 spiro atoms. The number of nitrogens with zero attached hydrogens (tertiary/aromatic N) is 1. The quantitative estimate of drug-likeness (QED) is 0.569. The average Bonchev–Trinajstić information content (AvgIpc) is 3.29. The van der Waals surface area contributed by atoms with Crippen LogP contribution < -0.4 is 14.8 Å². The van der Waals surface area contributed by atoms with E-state index in [-0.39, 0.29) is 16.9 Å². The summed E-state index contributed by atoms with van der Waals surface area (Å²) < 4.78 is 33.9. The van der Waals surface area contributed by atoms with Gasteiger partial charge in [0.2, 0.25) is 0 Å². The van der Waals surface area contributed by atoms with E-state index >= 15 is 0 Å². The van der Waals surface area contributed by atoms with E-state index in [2.05, 4.69) is 33.2 Å². The molecule has 1 aliphatic heterocycles. The molecular weight excluding hydrogens is 410 g/mol. The monoisotopic (exact) mass is 433 g/mol. The van der Waals surface area contributed by atoms with E-state index in [1.807, 2.05) is 18.3 Å². The molecule has 2 N–H and O–H groups in total. The summed E-state index contributed by atoms with van der Waals surface area (Å²) in [7, 11) is -2.14. The van der Waals surface area contributed by atoms with E-state index in [4.69, 9.17) is 4.74 Å². The van der Waals surface area contributed by atoms with Crippen LogP contribution in [0.3, 0.4) is 0 Å². The first-order valence-electron chi connectivity index (χ1n) is 10.2. The van der Waals surface area contributed by atoms with Crippen LogP contribution in [0.1, 0.15) is 29.5 Å². The minimum Gasteiger partial charge on any atom is -0.497 e. The zero-order valence-electron chi connectivity index (χ0n) is 17.0. The Labute approximate surface area is 182 Å². The highest BCUT2D eigenvalue weighted by Crippen LogP contribution is 2.50. The Hall–Kier alpha value is -3.32. The first-order chi connectivity index (χ1) is 15.0. The molecule has 0 radical (unpaired) electrons. The highest BCUT2D eigenvalue weighted by Gasteiger charge is 2.38. The Morgan fingerprint density at radius 1 is 1.13 bits per heavy atom. The molecule has 158 valence electrons. The number of methoxy groups -OCH3 is 1. The number of pyridine rings is 1. The Morgan fingerprint density at radius 2 is 1.97 bits per heavy atom. The number of allylic oxidation sites excluding steroid dienone is 2. The van der Waals surface area contributed by atoms with Crippen molar-refractivity contribution in [3.05, 3.63) is 90.3 Å². The molecule has 0 fully saturated rings. The van der Waals surface area contributed by atoms with Gasteiger partial charge in [0.15, 0.2) is 0 Å². The molecule has 5 rings (SSSR count). The van der Waals surface area contributed by atoms with Crippen molar-refractivity contribution in [1.29, 1.82) is 0 Å². The molecule has 3 aromatic rings. The molecule has 6 nitrogen and oxygen atoms in total. The van der Waals surface area contributed by atoms with E-state index < -0.39 is 10.0 Å². The lowest BCUT2D eigenvalue weighted by Gasteiger charge is -2.37. The average molecular weight is 434 g/mol. The Balaban J connectivity index is 1.46. The zero-order chi connectivity index (χ0) is 21.4. The smallest absolute Gasteiger partial charge is 0.261 e. The van der Waals surface area contributed by atoms with Gasteiger partial charge in [-0.3, -0.25) is 9.71 Å². The van der Waals surface area contributed by atoms with Gasteiger partial charge in [-0.2, -0.15) is 0 Å². The normalized spacial score (nSPS) is 21.6. The van der Waals surface area contributed by atoms with Crippen LogP contribution in [0.4, 0.5) is 11.4 Å². The molecule has 1 aromatic heterocycles. The number of hydrogen-bond acceptors (Lipinski definition) is 5. The van der Waals surface area contributed by atoms with Crippen LogP contribution in [0.5, 0.6) is 5.75 Å². The summed E-state index contributed by atoms with van der Waals surface area (Å²) >= 11 is 0. The van der Waals surface area contributed by atoms with Crippen LogP contribution >= 0.6 is 0 Å². The van der Waals surface area contributed by atoms with Crippen LogP contribution in [0, 0.1) is 5.92 Å². The maximum atomic E-state index is 13.0. The second kappa shape index (κ2) is 7.74. The summed E-state index contributed by atoms with van der Waals surface area (Å²) in [4.78, 5) is 4.52. The van der Waals surface area contributed by atoms with E-state index in [1.54, 1.807) is 49.7 Å². The van der Waals surface area contributed by atoms with Crippen molar-refractivity contribution in [3.63, 3.8) is 0 Å². The SMILES string of the molecule is COc1ccc(NS(=O)(=O)c2ccc3c(c2)C2C=CCC2C(c2cccnc2)N3)cc1. The summed E-state index contributed by atoms with van der Waals surface area (Å²) in [6.07, 6.45) is 9.00. The summed E-state index contributed by atoms with van der Waals surface area (Å²) in [5, 5.41) is 3.62. The van der Waals surface area contributed by atoms with E-state index in [0.29, 0.717) is 17.4 Å². The number of hydrogen-bond donors (Lipinski definition) is 2. The van der Waals surface area contributed by atoms with Gasteiger partial charge >= 0.3 is 0 Å². The van der Waals surface area contributed by atoms with Crippen LogP contribution in [0.25, 0.3) is 0 Å². The first kappa shape index (κ1) is 19.6. The Bertz CT molecular complexity index is 1220. The first-order valence-corrected chi connectivity index (χ1v) is 11.7. The minimum absolute atomic E-state index is 0.140. The highest BCUT2D eigenvalue weighted by atomic mass is 32.2. The number of ether oxygens (including phenoxy) is 1. The number of benzene rings is 2. The molecule has 0 saturated heterocycles. The van der Waals surface area contributed by atoms with Gasteiger partial charge in [-0.05, 0) is 72.0 Å². The molecule has 0 amide bonds. The topological polar surface area (TPSA) is 80.3 Å².